The summed E-state index contributed by atoms with van der Waals surface area (Å²) in [4.78, 5) is 17.6. The standard InChI is InChI=1S/C9H13IN2O2/c1-6(2)3-4-14-9-7(10)8(13)11-5-12-9/h5-6H,3-4H2,1-2H3,(H,11,12,13). The Bertz CT molecular complexity index is 349. The average Bonchev–Trinajstić information content (AvgIpc) is 2.12. The molecular weight excluding hydrogens is 295 g/mol. The van der Waals surface area contributed by atoms with Gasteiger partial charge >= 0.3 is 0 Å². The van der Waals surface area contributed by atoms with Crippen molar-refractivity contribution in [3.05, 3.63) is 20.3 Å². The maximum Gasteiger partial charge on any atom is 0.268 e. The lowest BCUT2D eigenvalue weighted by molar-refractivity contribution is 0.276. The molecule has 1 rings (SSSR count). The Kier molecular flexibility index (Phi) is 4.37. The van der Waals surface area contributed by atoms with Crippen molar-refractivity contribution in [1.82, 2.24) is 9.97 Å². The van der Waals surface area contributed by atoms with E-state index in [1.807, 2.05) is 22.6 Å². The molecular formula is C9H13IN2O2. The number of ether oxygens (including phenoxy) is 1. The third-order valence-corrected chi connectivity index (χ3v) is 2.65. The molecule has 0 aliphatic heterocycles. The van der Waals surface area contributed by atoms with E-state index in [0.717, 1.165) is 6.42 Å². The smallest absolute Gasteiger partial charge is 0.268 e. The van der Waals surface area contributed by atoms with Crippen molar-refractivity contribution in [2.75, 3.05) is 6.61 Å². The molecule has 0 aliphatic rings. The Balaban J connectivity index is 2.59. The molecule has 1 aromatic heterocycles. The van der Waals surface area contributed by atoms with Gasteiger partial charge in [-0.15, -0.1) is 0 Å². The minimum Gasteiger partial charge on any atom is -0.477 e. The van der Waals surface area contributed by atoms with Crippen LogP contribution in [0, 0.1) is 9.49 Å². The van der Waals surface area contributed by atoms with Gasteiger partial charge in [-0.2, -0.15) is 0 Å². The first kappa shape index (κ1) is 11.5. The summed E-state index contributed by atoms with van der Waals surface area (Å²) in [5.74, 6) is 1.02. The highest BCUT2D eigenvalue weighted by atomic mass is 127. The van der Waals surface area contributed by atoms with Gasteiger partial charge in [-0.25, -0.2) is 4.98 Å². The first-order valence-electron chi connectivity index (χ1n) is 4.47. The summed E-state index contributed by atoms with van der Waals surface area (Å²) in [5.41, 5.74) is -0.153. The van der Waals surface area contributed by atoms with E-state index in [2.05, 4.69) is 23.8 Å². The van der Waals surface area contributed by atoms with Crippen molar-refractivity contribution in [3.63, 3.8) is 0 Å². The second kappa shape index (κ2) is 5.33. The van der Waals surface area contributed by atoms with Gasteiger partial charge in [0.1, 0.15) is 3.57 Å². The van der Waals surface area contributed by atoms with E-state index in [4.69, 9.17) is 4.74 Å². The number of nitrogens with one attached hydrogen (secondary N) is 1. The number of nitrogens with zero attached hydrogens (tertiary/aromatic N) is 1. The van der Waals surface area contributed by atoms with Crippen LogP contribution in [0.2, 0.25) is 0 Å². The fourth-order valence-electron chi connectivity index (χ4n) is 0.859. The number of rotatable bonds is 4. The first-order valence-corrected chi connectivity index (χ1v) is 5.55. The van der Waals surface area contributed by atoms with Crippen molar-refractivity contribution in [3.8, 4) is 5.88 Å². The number of aromatic nitrogens is 2. The minimum absolute atomic E-state index is 0.153. The summed E-state index contributed by atoms with van der Waals surface area (Å²) in [7, 11) is 0. The topological polar surface area (TPSA) is 55.0 Å². The molecule has 78 valence electrons. The fraction of sp³-hybridized carbons (Fsp3) is 0.556. The molecule has 14 heavy (non-hydrogen) atoms. The molecule has 0 saturated carbocycles. The van der Waals surface area contributed by atoms with E-state index >= 15 is 0 Å². The lowest BCUT2D eigenvalue weighted by atomic mass is 10.1. The molecule has 0 saturated heterocycles. The summed E-state index contributed by atoms with van der Waals surface area (Å²) >= 11 is 1.93. The van der Waals surface area contributed by atoms with Crippen molar-refractivity contribution in [2.24, 2.45) is 5.92 Å². The van der Waals surface area contributed by atoms with Gasteiger partial charge in [0.15, 0.2) is 0 Å². The zero-order valence-corrected chi connectivity index (χ0v) is 10.4. The Morgan fingerprint density at radius 3 is 3.00 bits per heavy atom. The van der Waals surface area contributed by atoms with Gasteiger partial charge in [0.05, 0.1) is 12.9 Å². The molecule has 4 nitrogen and oxygen atoms in total. The van der Waals surface area contributed by atoms with Crippen LogP contribution in [-0.2, 0) is 0 Å². The number of H-pyrrole nitrogens is 1. The zero-order valence-electron chi connectivity index (χ0n) is 8.21. The molecule has 1 aromatic rings. The predicted molar refractivity (Wildman–Crippen MR) is 62.5 cm³/mol. The molecule has 0 amide bonds. The van der Waals surface area contributed by atoms with E-state index in [1.54, 1.807) is 0 Å². The highest BCUT2D eigenvalue weighted by molar-refractivity contribution is 14.1. The van der Waals surface area contributed by atoms with Gasteiger partial charge in [-0.05, 0) is 34.9 Å². The second-order valence-corrected chi connectivity index (χ2v) is 4.46. The molecule has 0 atom stereocenters. The van der Waals surface area contributed by atoms with E-state index in [9.17, 15) is 4.79 Å². The largest absolute Gasteiger partial charge is 0.477 e. The van der Waals surface area contributed by atoms with E-state index in [0.29, 0.717) is 22.0 Å². The highest BCUT2D eigenvalue weighted by Gasteiger charge is 2.05. The lowest BCUT2D eigenvalue weighted by Gasteiger charge is -2.07. The van der Waals surface area contributed by atoms with Crippen molar-refractivity contribution in [1.29, 1.82) is 0 Å². The van der Waals surface area contributed by atoms with Crippen LogP contribution in [0.4, 0.5) is 0 Å². The van der Waals surface area contributed by atoms with Gasteiger partial charge in [0.25, 0.3) is 5.56 Å². The Morgan fingerprint density at radius 1 is 1.64 bits per heavy atom. The van der Waals surface area contributed by atoms with Gasteiger partial charge in [-0.1, -0.05) is 13.8 Å². The summed E-state index contributed by atoms with van der Waals surface area (Å²) in [6.07, 6.45) is 2.32. The first-order chi connectivity index (χ1) is 6.61. The van der Waals surface area contributed by atoms with Crippen molar-refractivity contribution in [2.45, 2.75) is 20.3 Å². The van der Waals surface area contributed by atoms with Crippen LogP contribution in [-0.4, -0.2) is 16.6 Å². The Morgan fingerprint density at radius 2 is 2.36 bits per heavy atom. The molecule has 0 fully saturated rings. The Hall–Kier alpha value is -0.590. The summed E-state index contributed by atoms with van der Waals surface area (Å²) in [6, 6.07) is 0. The number of hydrogen-bond acceptors (Lipinski definition) is 3. The molecule has 0 unspecified atom stereocenters. The monoisotopic (exact) mass is 308 g/mol. The zero-order chi connectivity index (χ0) is 10.6. The summed E-state index contributed by atoms with van der Waals surface area (Å²) in [5, 5.41) is 0. The second-order valence-electron chi connectivity index (χ2n) is 3.38. The normalized spacial score (nSPS) is 10.6. The van der Waals surface area contributed by atoms with Gasteiger partial charge in [0.2, 0.25) is 5.88 Å². The predicted octanol–water partition coefficient (Wildman–Crippen LogP) is 1.80. The highest BCUT2D eigenvalue weighted by Crippen LogP contribution is 2.12. The van der Waals surface area contributed by atoms with Crippen molar-refractivity contribution < 1.29 is 4.74 Å². The van der Waals surface area contributed by atoms with Crippen LogP contribution in [0.5, 0.6) is 5.88 Å². The number of hydrogen-bond donors (Lipinski definition) is 1. The van der Waals surface area contributed by atoms with E-state index in [-0.39, 0.29) is 5.56 Å². The van der Waals surface area contributed by atoms with Crippen LogP contribution < -0.4 is 10.3 Å². The number of halogens is 1. The van der Waals surface area contributed by atoms with Gasteiger partial charge < -0.3 is 9.72 Å². The molecule has 0 spiro atoms. The van der Waals surface area contributed by atoms with Crippen LogP contribution in [0.1, 0.15) is 20.3 Å². The fourth-order valence-corrected chi connectivity index (χ4v) is 1.31. The Labute approximate surface area is 96.2 Å². The van der Waals surface area contributed by atoms with E-state index in [1.165, 1.54) is 6.33 Å². The maximum atomic E-state index is 11.2. The lowest BCUT2D eigenvalue weighted by Crippen LogP contribution is -2.13. The summed E-state index contributed by atoms with van der Waals surface area (Å²) in [6.45, 7) is 4.85. The molecule has 5 heteroatoms. The molecule has 0 radical (unpaired) electrons. The van der Waals surface area contributed by atoms with Gasteiger partial charge in [-0.3, -0.25) is 4.79 Å². The van der Waals surface area contributed by atoms with Crippen LogP contribution in [0.3, 0.4) is 0 Å². The molecule has 0 bridgehead atoms. The summed E-state index contributed by atoms with van der Waals surface area (Å²) < 4.78 is 5.90. The molecule has 1 N–H and O–H groups in total. The third-order valence-electron chi connectivity index (χ3n) is 1.70. The minimum atomic E-state index is -0.153. The maximum absolute atomic E-state index is 11.2. The molecule has 0 aromatic carbocycles. The van der Waals surface area contributed by atoms with Gasteiger partial charge in [0, 0.05) is 0 Å². The SMILES string of the molecule is CC(C)CCOc1nc[nH]c(=O)c1I. The number of aromatic amines is 1. The van der Waals surface area contributed by atoms with E-state index < -0.39 is 0 Å². The average molecular weight is 308 g/mol. The van der Waals surface area contributed by atoms with Crippen LogP contribution in [0.15, 0.2) is 11.1 Å². The van der Waals surface area contributed by atoms with Crippen molar-refractivity contribution >= 4 is 22.6 Å². The van der Waals surface area contributed by atoms with Crippen LogP contribution in [0.25, 0.3) is 0 Å². The van der Waals surface area contributed by atoms with Crippen LogP contribution >= 0.6 is 22.6 Å². The molecule has 1 heterocycles. The quantitative estimate of drug-likeness (QED) is 0.863. The molecule has 0 aliphatic carbocycles. The third kappa shape index (κ3) is 3.28.